The average Bonchev–Trinajstić information content (AvgIpc) is 2.52. The molecule has 1 aromatic rings. The van der Waals surface area contributed by atoms with Crippen molar-refractivity contribution in [2.24, 2.45) is 4.99 Å². The van der Waals surface area contributed by atoms with Crippen molar-refractivity contribution < 1.29 is 4.74 Å². The minimum Gasteiger partial charge on any atom is -0.378 e. The predicted octanol–water partition coefficient (Wildman–Crippen LogP) is 2.02. The van der Waals surface area contributed by atoms with Gasteiger partial charge < -0.3 is 19.4 Å². The third-order valence-electron chi connectivity index (χ3n) is 3.67. The normalized spacial score (nSPS) is 16.0. The lowest BCUT2D eigenvalue weighted by Gasteiger charge is -2.30. The summed E-state index contributed by atoms with van der Waals surface area (Å²) in [6, 6.07) is 8.34. The van der Waals surface area contributed by atoms with Gasteiger partial charge in [0.25, 0.3) is 0 Å². The van der Waals surface area contributed by atoms with Crippen molar-refractivity contribution in [1.29, 1.82) is 0 Å². The highest BCUT2D eigenvalue weighted by molar-refractivity contribution is 5.84. The van der Waals surface area contributed by atoms with E-state index in [1.54, 1.807) is 0 Å². The molecule has 21 heavy (non-hydrogen) atoms. The fourth-order valence-corrected chi connectivity index (χ4v) is 2.41. The SMILES string of the molecule is CCN(C)/C(=N/c1ccccc1N1CCOCC1)N(C)C. The van der Waals surface area contributed by atoms with Crippen molar-refractivity contribution >= 4 is 17.3 Å². The number of guanidine groups is 1. The monoisotopic (exact) mass is 290 g/mol. The maximum Gasteiger partial charge on any atom is 0.201 e. The van der Waals surface area contributed by atoms with E-state index in [1.807, 2.05) is 20.2 Å². The van der Waals surface area contributed by atoms with Gasteiger partial charge in [-0.3, -0.25) is 0 Å². The fourth-order valence-electron chi connectivity index (χ4n) is 2.41. The second kappa shape index (κ2) is 7.31. The van der Waals surface area contributed by atoms with Crippen LogP contribution in [0.4, 0.5) is 11.4 Å². The second-order valence-corrected chi connectivity index (χ2v) is 5.41. The number of anilines is 1. The number of morpholine rings is 1. The third kappa shape index (κ3) is 3.88. The largest absolute Gasteiger partial charge is 0.378 e. The Kier molecular flexibility index (Phi) is 5.44. The molecule has 0 unspecified atom stereocenters. The van der Waals surface area contributed by atoms with Crippen LogP contribution in [0.1, 0.15) is 6.92 Å². The van der Waals surface area contributed by atoms with Crippen LogP contribution in [0.15, 0.2) is 29.3 Å². The van der Waals surface area contributed by atoms with Crippen molar-refractivity contribution in [3.05, 3.63) is 24.3 Å². The molecule has 1 aliphatic rings. The standard InChI is InChI=1S/C16H26N4O/c1-5-19(4)16(18(2)3)17-14-8-6-7-9-15(14)20-10-12-21-13-11-20/h6-9H,5,10-13H2,1-4H3/b17-16+. The Labute approximate surface area is 127 Å². The Morgan fingerprint density at radius 1 is 1.19 bits per heavy atom. The van der Waals surface area contributed by atoms with Gasteiger partial charge >= 0.3 is 0 Å². The molecule has 2 rings (SSSR count). The molecule has 1 aromatic carbocycles. The summed E-state index contributed by atoms with van der Waals surface area (Å²) >= 11 is 0. The zero-order chi connectivity index (χ0) is 15.2. The number of ether oxygens (including phenoxy) is 1. The van der Waals surface area contributed by atoms with Crippen LogP contribution in [0.2, 0.25) is 0 Å². The average molecular weight is 290 g/mol. The van der Waals surface area contributed by atoms with Crippen LogP contribution in [0.3, 0.4) is 0 Å². The maximum atomic E-state index is 5.44. The molecule has 0 aromatic heterocycles. The molecule has 1 saturated heterocycles. The number of rotatable bonds is 3. The topological polar surface area (TPSA) is 31.3 Å². The van der Waals surface area contributed by atoms with Crippen molar-refractivity contribution in [3.8, 4) is 0 Å². The highest BCUT2D eigenvalue weighted by Crippen LogP contribution is 2.29. The summed E-state index contributed by atoms with van der Waals surface area (Å²) in [6.45, 7) is 6.48. The molecule has 5 nitrogen and oxygen atoms in total. The van der Waals surface area contributed by atoms with Crippen LogP contribution in [-0.2, 0) is 4.74 Å². The minimum atomic E-state index is 0.785. The molecular weight excluding hydrogens is 264 g/mol. The molecule has 0 N–H and O–H groups in total. The van der Waals surface area contributed by atoms with Gasteiger partial charge in [0.2, 0.25) is 5.96 Å². The molecule has 5 heteroatoms. The number of para-hydroxylation sites is 2. The predicted molar refractivity (Wildman–Crippen MR) is 88.6 cm³/mol. The third-order valence-corrected chi connectivity index (χ3v) is 3.67. The zero-order valence-corrected chi connectivity index (χ0v) is 13.5. The summed E-state index contributed by atoms with van der Waals surface area (Å²) in [7, 11) is 6.13. The lowest BCUT2D eigenvalue weighted by molar-refractivity contribution is 0.123. The summed E-state index contributed by atoms with van der Waals surface area (Å²) in [5.74, 6) is 0.971. The van der Waals surface area contributed by atoms with E-state index in [2.05, 4.69) is 46.9 Å². The van der Waals surface area contributed by atoms with E-state index in [0.29, 0.717) is 0 Å². The summed E-state index contributed by atoms with van der Waals surface area (Å²) in [5, 5.41) is 0. The Morgan fingerprint density at radius 2 is 1.86 bits per heavy atom. The number of hydrogen-bond acceptors (Lipinski definition) is 3. The number of nitrogens with zero attached hydrogens (tertiary/aromatic N) is 4. The van der Waals surface area contributed by atoms with Crippen molar-refractivity contribution in [1.82, 2.24) is 9.80 Å². The van der Waals surface area contributed by atoms with Gasteiger partial charge in [-0.05, 0) is 19.1 Å². The van der Waals surface area contributed by atoms with Gasteiger partial charge in [0, 0.05) is 40.8 Å². The lowest BCUT2D eigenvalue weighted by Crippen LogP contribution is -2.38. The molecule has 1 fully saturated rings. The first-order valence-corrected chi connectivity index (χ1v) is 7.52. The van der Waals surface area contributed by atoms with Gasteiger partial charge in [-0.25, -0.2) is 4.99 Å². The Balaban J connectivity index is 2.34. The summed E-state index contributed by atoms with van der Waals surface area (Å²) in [6.07, 6.45) is 0. The van der Waals surface area contributed by atoms with E-state index in [-0.39, 0.29) is 0 Å². The fraction of sp³-hybridized carbons (Fsp3) is 0.562. The molecule has 0 saturated carbocycles. The van der Waals surface area contributed by atoms with Gasteiger partial charge in [0.05, 0.1) is 24.6 Å². The van der Waals surface area contributed by atoms with Crippen LogP contribution < -0.4 is 4.90 Å². The molecule has 0 atom stereocenters. The molecule has 0 spiro atoms. The molecule has 0 aliphatic carbocycles. The van der Waals surface area contributed by atoms with Crippen molar-refractivity contribution in [2.45, 2.75) is 6.92 Å². The number of benzene rings is 1. The molecule has 1 aliphatic heterocycles. The molecular formula is C16H26N4O. The number of aliphatic imine (C=N–C) groups is 1. The highest BCUT2D eigenvalue weighted by atomic mass is 16.5. The first kappa shape index (κ1) is 15.6. The maximum absolute atomic E-state index is 5.44. The second-order valence-electron chi connectivity index (χ2n) is 5.41. The molecule has 1 heterocycles. The molecule has 0 amide bonds. The molecule has 0 bridgehead atoms. The van der Waals surface area contributed by atoms with E-state index in [0.717, 1.165) is 44.5 Å². The zero-order valence-electron chi connectivity index (χ0n) is 13.5. The Hall–Kier alpha value is -1.75. The Morgan fingerprint density at radius 3 is 2.48 bits per heavy atom. The van der Waals surface area contributed by atoms with E-state index < -0.39 is 0 Å². The molecule has 116 valence electrons. The van der Waals surface area contributed by atoms with Crippen LogP contribution in [0, 0.1) is 0 Å². The van der Waals surface area contributed by atoms with Crippen LogP contribution in [0.5, 0.6) is 0 Å². The first-order chi connectivity index (χ1) is 10.1. The van der Waals surface area contributed by atoms with Gasteiger partial charge in [0.15, 0.2) is 0 Å². The van der Waals surface area contributed by atoms with Gasteiger partial charge in [-0.15, -0.1) is 0 Å². The lowest BCUT2D eigenvalue weighted by atomic mass is 10.2. The van der Waals surface area contributed by atoms with Crippen molar-refractivity contribution in [2.75, 3.05) is 58.9 Å². The summed E-state index contributed by atoms with van der Waals surface area (Å²) in [5.41, 5.74) is 2.20. The summed E-state index contributed by atoms with van der Waals surface area (Å²) < 4.78 is 5.44. The van der Waals surface area contributed by atoms with Gasteiger partial charge in [0.1, 0.15) is 0 Å². The van der Waals surface area contributed by atoms with E-state index in [9.17, 15) is 0 Å². The van der Waals surface area contributed by atoms with Gasteiger partial charge in [-0.1, -0.05) is 12.1 Å². The Bertz CT molecular complexity index is 481. The van der Waals surface area contributed by atoms with E-state index >= 15 is 0 Å². The number of hydrogen-bond donors (Lipinski definition) is 0. The smallest absolute Gasteiger partial charge is 0.201 e. The quantitative estimate of drug-likeness (QED) is 0.629. The van der Waals surface area contributed by atoms with E-state index in [1.165, 1.54) is 5.69 Å². The van der Waals surface area contributed by atoms with Crippen molar-refractivity contribution in [3.63, 3.8) is 0 Å². The highest BCUT2D eigenvalue weighted by Gasteiger charge is 2.15. The first-order valence-electron chi connectivity index (χ1n) is 7.52. The summed E-state index contributed by atoms with van der Waals surface area (Å²) in [4.78, 5) is 11.4. The van der Waals surface area contributed by atoms with Crippen LogP contribution in [-0.4, -0.2) is 69.8 Å². The molecule has 0 radical (unpaired) electrons. The van der Waals surface area contributed by atoms with Gasteiger partial charge in [-0.2, -0.15) is 0 Å². The van der Waals surface area contributed by atoms with Crippen LogP contribution >= 0.6 is 0 Å². The minimum absolute atomic E-state index is 0.785. The van der Waals surface area contributed by atoms with Crippen LogP contribution in [0.25, 0.3) is 0 Å². The van der Waals surface area contributed by atoms with E-state index in [4.69, 9.17) is 9.73 Å².